The fourth-order valence-corrected chi connectivity index (χ4v) is 3.41. The zero-order valence-corrected chi connectivity index (χ0v) is 16.2. The average molecular weight is 432 g/mol. The van der Waals surface area contributed by atoms with Crippen LogP contribution in [0.25, 0.3) is 11.0 Å². The third kappa shape index (κ3) is 3.90. The molecule has 0 spiro atoms. The molecule has 2 atom stereocenters. The Morgan fingerprint density at radius 1 is 1.21 bits per heavy atom. The molecule has 1 saturated heterocycles. The van der Waals surface area contributed by atoms with Crippen molar-refractivity contribution in [3.05, 3.63) is 52.8 Å². The molecule has 0 radical (unpaired) electrons. The quantitative estimate of drug-likeness (QED) is 0.686. The minimum Gasteiger partial charge on any atom is -0.340 e. The number of benzene rings is 1. The van der Waals surface area contributed by atoms with Gasteiger partial charge in [0.05, 0.1) is 34.3 Å². The summed E-state index contributed by atoms with van der Waals surface area (Å²) in [6, 6.07) is 4.97. The highest BCUT2D eigenvalue weighted by molar-refractivity contribution is 6.30. The van der Waals surface area contributed by atoms with Gasteiger partial charge in [0.15, 0.2) is 11.6 Å². The van der Waals surface area contributed by atoms with Gasteiger partial charge in [-0.3, -0.25) is 4.98 Å². The minimum absolute atomic E-state index is 0. The highest BCUT2D eigenvalue weighted by Gasteiger charge is 2.29. The standard InChI is InChI=1S/C18H17ClF3N5.ClH/c19-10-1-2-11(24-7-10)8-27-17-6-14(22)13(21)5-16(17)25-18(27)26-4-3-12(20)15(23)9-26;/h1-2,5-7,12,15H,3-4,8-9,23H2;1H. The molecule has 1 aliphatic rings. The SMILES string of the molecule is Cl.NC1CN(c2nc3cc(F)c(F)cc3n2Cc2ccc(Cl)cn2)CCC1F. The van der Waals surface area contributed by atoms with Gasteiger partial charge < -0.3 is 15.2 Å². The second-order valence-corrected chi connectivity index (χ2v) is 7.07. The molecule has 1 aromatic carbocycles. The monoisotopic (exact) mass is 431 g/mol. The van der Waals surface area contributed by atoms with Crippen molar-refractivity contribution in [2.45, 2.75) is 25.2 Å². The Morgan fingerprint density at radius 2 is 1.96 bits per heavy atom. The number of aromatic nitrogens is 3. The summed E-state index contributed by atoms with van der Waals surface area (Å²) in [5.41, 5.74) is 7.28. The zero-order valence-electron chi connectivity index (χ0n) is 14.7. The van der Waals surface area contributed by atoms with Crippen LogP contribution in [-0.4, -0.2) is 39.8 Å². The number of hydrogen-bond acceptors (Lipinski definition) is 4. The molecular weight excluding hydrogens is 414 g/mol. The van der Waals surface area contributed by atoms with E-state index in [1.807, 2.05) is 4.90 Å². The van der Waals surface area contributed by atoms with Gasteiger partial charge in [-0.05, 0) is 18.6 Å². The van der Waals surface area contributed by atoms with Crippen LogP contribution in [0.15, 0.2) is 30.5 Å². The molecular formula is C18H18Cl2F3N5. The first-order chi connectivity index (χ1) is 12.9. The molecule has 0 aliphatic carbocycles. The van der Waals surface area contributed by atoms with Crippen LogP contribution in [0.4, 0.5) is 19.1 Å². The van der Waals surface area contributed by atoms with Crippen LogP contribution in [0.1, 0.15) is 12.1 Å². The summed E-state index contributed by atoms with van der Waals surface area (Å²) in [5, 5.41) is 0.499. The van der Waals surface area contributed by atoms with Crippen LogP contribution >= 0.6 is 24.0 Å². The number of fused-ring (bicyclic) bond motifs is 1. The molecule has 1 aliphatic heterocycles. The molecule has 2 unspecified atom stereocenters. The number of nitrogens with two attached hydrogens (primary N) is 1. The Morgan fingerprint density at radius 3 is 2.64 bits per heavy atom. The van der Waals surface area contributed by atoms with Gasteiger partial charge in [0.2, 0.25) is 5.95 Å². The summed E-state index contributed by atoms with van der Waals surface area (Å²) in [5.74, 6) is -1.45. The van der Waals surface area contributed by atoms with E-state index >= 15 is 0 Å². The van der Waals surface area contributed by atoms with Gasteiger partial charge in [-0.25, -0.2) is 18.2 Å². The molecule has 2 N–H and O–H groups in total. The van der Waals surface area contributed by atoms with Gasteiger partial charge in [0.1, 0.15) is 6.17 Å². The summed E-state index contributed by atoms with van der Waals surface area (Å²) in [6.07, 6.45) is 0.708. The Labute approximate surface area is 170 Å². The first kappa shape index (κ1) is 20.7. The van der Waals surface area contributed by atoms with Crippen LogP contribution < -0.4 is 10.6 Å². The van der Waals surface area contributed by atoms with Gasteiger partial charge in [-0.1, -0.05) is 11.6 Å². The van der Waals surface area contributed by atoms with Gasteiger partial charge in [0.25, 0.3) is 0 Å². The molecule has 3 heterocycles. The number of imidazole rings is 1. The number of alkyl halides is 1. The van der Waals surface area contributed by atoms with Gasteiger partial charge in [-0.2, -0.15) is 0 Å². The molecule has 0 saturated carbocycles. The number of nitrogens with zero attached hydrogens (tertiary/aromatic N) is 4. The lowest BCUT2D eigenvalue weighted by Crippen LogP contribution is -2.50. The lowest BCUT2D eigenvalue weighted by molar-refractivity contribution is 0.243. The normalized spacial score (nSPS) is 19.7. The number of anilines is 1. The van der Waals surface area contributed by atoms with E-state index in [0.717, 1.165) is 12.1 Å². The van der Waals surface area contributed by atoms with Crippen molar-refractivity contribution in [2.24, 2.45) is 5.73 Å². The Hall–Kier alpha value is -2.03. The van der Waals surface area contributed by atoms with Crippen molar-refractivity contribution in [1.82, 2.24) is 14.5 Å². The van der Waals surface area contributed by atoms with E-state index in [1.165, 1.54) is 6.20 Å². The fraction of sp³-hybridized carbons (Fsp3) is 0.333. The summed E-state index contributed by atoms with van der Waals surface area (Å²) in [4.78, 5) is 10.6. The molecule has 0 bridgehead atoms. The number of piperidine rings is 1. The predicted octanol–water partition coefficient (Wildman–Crippen LogP) is 3.71. The molecule has 28 heavy (non-hydrogen) atoms. The maximum absolute atomic E-state index is 13.9. The lowest BCUT2D eigenvalue weighted by atomic mass is 10.1. The van der Waals surface area contributed by atoms with Gasteiger partial charge in [-0.15, -0.1) is 12.4 Å². The van der Waals surface area contributed by atoms with Crippen molar-refractivity contribution in [3.8, 4) is 0 Å². The van der Waals surface area contributed by atoms with Gasteiger partial charge >= 0.3 is 0 Å². The van der Waals surface area contributed by atoms with Crippen molar-refractivity contribution < 1.29 is 13.2 Å². The van der Waals surface area contributed by atoms with E-state index in [2.05, 4.69) is 9.97 Å². The van der Waals surface area contributed by atoms with Crippen molar-refractivity contribution in [2.75, 3.05) is 18.0 Å². The highest BCUT2D eigenvalue weighted by Crippen LogP contribution is 2.28. The molecule has 2 aromatic heterocycles. The number of hydrogen-bond donors (Lipinski definition) is 1. The van der Waals surface area contributed by atoms with Crippen molar-refractivity contribution >= 4 is 41.0 Å². The topological polar surface area (TPSA) is 60.0 Å². The van der Waals surface area contributed by atoms with E-state index in [0.29, 0.717) is 34.2 Å². The first-order valence-electron chi connectivity index (χ1n) is 8.52. The largest absolute Gasteiger partial charge is 0.340 e. The van der Waals surface area contributed by atoms with Crippen LogP contribution in [0.5, 0.6) is 0 Å². The van der Waals surface area contributed by atoms with Crippen molar-refractivity contribution in [3.63, 3.8) is 0 Å². The second kappa shape index (κ2) is 8.14. The molecule has 5 nitrogen and oxygen atoms in total. The second-order valence-electron chi connectivity index (χ2n) is 6.64. The third-order valence-corrected chi connectivity index (χ3v) is 4.96. The number of pyridine rings is 1. The zero-order chi connectivity index (χ0) is 19.1. The van der Waals surface area contributed by atoms with E-state index in [-0.39, 0.29) is 31.9 Å². The van der Waals surface area contributed by atoms with E-state index in [9.17, 15) is 13.2 Å². The van der Waals surface area contributed by atoms with Crippen molar-refractivity contribution in [1.29, 1.82) is 0 Å². The van der Waals surface area contributed by atoms with Crippen LogP contribution in [0, 0.1) is 11.6 Å². The molecule has 1 fully saturated rings. The summed E-state index contributed by atoms with van der Waals surface area (Å²) < 4.78 is 43.0. The van der Waals surface area contributed by atoms with Crippen LogP contribution in [0.2, 0.25) is 5.02 Å². The molecule has 10 heteroatoms. The van der Waals surface area contributed by atoms with E-state index < -0.39 is 23.8 Å². The maximum atomic E-state index is 13.9. The Balaban J connectivity index is 0.00000225. The average Bonchev–Trinajstić information content (AvgIpc) is 2.97. The maximum Gasteiger partial charge on any atom is 0.206 e. The third-order valence-electron chi connectivity index (χ3n) is 4.73. The highest BCUT2D eigenvalue weighted by atomic mass is 35.5. The molecule has 4 rings (SSSR count). The molecule has 3 aromatic rings. The first-order valence-corrected chi connectivity index (χ1v) is 8.90. The van der Waals surface area contributed by atoms with Crippen LogP contribution in [0.3, 0.4) is 0 Å². The molecule has 150 valence electrons. The van der Waals surface area contributed by atoms with Gasteiger partial charge in [0, 0.05) is 31.4 Å². The Kier molecular flexibility index (Phi) is 6.02. The van der Waals surface area contributed by atoms with E-state index in [1.54, 1.807) is 16.7 Å². The summed E-state index contributed by atoms with van der Waals surface area (Å²) >= 11 is 5.88. The summed E-state index contributed by atoms with van der Waals surface area (Å²) in [6.45, 7) is 0.958. The predicted molar refractivity (Wildman–Crippen MR) is 105 cm³/mol. The minimum atomic E-state index is -1.08. The summed E-state index contributed by atoms with van der Waals surface area (Å²) in [7, 11) is 0. The smallest absolute Gasteiger partial charge is 0.206 e. The Bertz CT molecular complexity index is 980. The van der Waals surface area contributed by atoms with E-state index in [4.69, 9.17) is 17.3 Å². The van der Waals surface area contributed by atoms with Crippen LogP contribution in [-0.2, 0) is 6.54 Å². The molecule has 0 amide bonds. The number of rotatable bonds is 3. The lowest BCUT2D eigenvalue weighted by Gasteiger charge is -2.34. The number of halogens is 5. The fourth-order valence-electron chi connectivity index (χ4n) is 3.30.